The number of hydrogen-bond donors (Lipinski definition) is 1. The van der Waals surface area contributed by atoms with Gasteiger partial charge >= 0.3 is 6.18 Å². The quantitative estimate of drug-likeness (QED) is 0.840. The molecule has 1 N–H and O–H groups in total. The molecule has 19 heavy (non-hydrogen) atoms. The standard InChI is InChI=1S/C13H21F3N2O/c1-18(10-5-3-2-4-6-10)11(19)12(13(14,15)16)7-8-17-9-12/h10,17H,2-9H2,1H3. The number of nitrogens with zero attached hydrogens (tertiary/aromatic N) is 1. The van der Waals surface area contributed by atoms with Gasteiger partial charge in [-0.2, -0.15) is 13.2 Å². The van der Waals surface area contributed by atoms with Crippen LogP contribution in [0.2, 0.25) is 0 Å². The van der Waals surface area contributed by atoms with Crippen molar-refractivity contribution in [2.75, 3.05) is 20.1 Å². The van der Waals surface area contributed by atoms with E-state index in [1.165, 1.54) is 11.9 Å². The molecule has 0 aromatic rings. The Morgan fingerprint density at radius 2 is 1.89 bits per heavy atom. The zero-order chi connectivity index (χ0) is 14.1. The summed E-state index contributed by atoms with van der Waals surface area (Å²) in [5.74, 6) is -0.753. The average Bonchev–Trinajstić information content (AvgIpc) is 2.88. The van der Waals surface area contributed by atoms with Crippen LogP contribution in [0.5, 0.6) is 0 Å². The van der Waals surface area contributed by atoms with Crippen LogP contribution in [-0.4, -0.2) is 43.2 Å². The van der Waals surface area contributed by atoms with Gasteiger partial charge in [0.1, 0.15) is 0 Å². The van der Waals surface area contributed by atoms with Gasteiger partial charge in [0.2, 0.25) is 5.91 Å². The second-order valence-corrected chi connectivity index (χ2v) is 5.71. The molecule has 1 aliphatic heterocycles. The molecular formula is C13H21F3N2O. The number of rotatable bonds is 2. The molecule has 1 saturated heterocycles. The Morgan fingerprint density at radius 3 is 2.37 bits per heavy atom. The molecule has 0 bridgehead atoms. The molecule has 2 fully saturated rings. The van der Waals surface area contributed by atoms with Gasteiger partial charge in [0.25, 0.3) is 0 Å². The summed E-state index contributed by atoms with van der Waals surface area (Å²) >= 11 is 0. The lowest BCUT2D eigenvalue weighted by Crippen LogP contribution is -2.55. The first-order valence-corrected chi connectivity index (χ1v) is 6.93. The molecule has 1 unspecified atom stereocenters. The molecule has 2 aliphatic rings. The number of nitrogens with one attached hydrogen (secondary N) is 1. The Hall–Kier alpha value is -0.780. The van der Waals surface area contributed by atoms with E-state index in [4.69, 9.17) is 0 Å². The summed E-state index contributed by atoms with van der Waals surface area (Å²) < 4.78 is 39.9. The van der Waals surface area contributed by atoms with Crippen LogP contribution in [0.15, 0.2) is 0 Å². The average molecular weight is 278 g/mol. The molecule has 1 heterocycles. The highest BCUT2D eigenvalue weighted by atomic mass is 19.4. The lowest BCUT2D eigenvalue weighted by Gasteiger charge is -2.38. The Morgan fingerprint density at radius 1 is 1.26 bits per heavy atom. The molecule has 0 spiro atoms. The Bertz CT molecular complexity index is 331. The van der Waals surface area contributed by atoms with E-state index in [9.17, 15) is 18.0 Å². The van der Waals surface area contributed by atoms with Crippen LogP contribution in [0.3, 0.4) is 0 Å². The first-order chi connectivity index (χ1) is 8.88. The van der Waals surface area contributed by atoms with E-state index in [2.05, 4.69) is 5.32 Å². The highest BCUT2D eigenvalue weighted by Gasteiger charge is 2.62. The van der Waals surface area contributed by atoms with Crippen LogP contribution >= 0.6 is 0 Å². The van der Waals surface area contributed by atoms with Crippen LogP contribution in [-0.2, 0) is 4.79 Å². The minimum absolute atomic E-state index is 0.0268. The van der Waals surface area contributed by atoms with E-state index in [0.717, 1.165) is 32.1 Å². The molecule has 110 valence electrons. The predicted molar refractivity (Wildman–Crippen MR) is 65.6 cm³/mol. The third-order valence-electron chi connectivity index (χ3n) is 4.55. The maximum absolute atomic E-state index is 13.3. The number of amides is 1. The minimum Gasteiger partial charge on any atom is -0.342 e. The monoisotopic (exact) mass is 278 g/mol. The summed E-state index contributed by atoms with van der Waals surface area (Å²) in [4.78, 5) is 13.7. The number of alkyl halides is 3. The molecule has 2 rings (SSSR count). The number of hydrogen-bond acceptors (Lipinski definition) is 2. The SMILES string of the molecule is CN(C(=O)C1(C(F)(F)F)CCNC1)C1CCCCC1. The molecule has 1 amide bonds. The zero-order valence-electron chi connectivity index (χ0n) is 11.2. The van der Waals surface area contributed by atoms with Crippen molar-refractivity contribution in [1.82, 2.24) is 10.2 Å². The fourth-order valence-electron chi connectivity index (χ4n) is 3.21. The van der Waals surface area contributed by atoms with E-state index < -0.39 is 17.5 Å². The summed E-state index contributed by atoms with van der Waals surface area (Å²) in [6.45, 7) is -0.0316. The van der Waals surface area contributed by atoms with Crippen molar-refractivity contribution >= 4 is 5.91 Å². The van der Waals surface area contributed by atoms with Crippen LogP contribution < -0.4 is 5.32 Å². The third kappa shape index (κ3) is 2.59. The van der Waals surface area contributed by atoms with Crippen LogP contribution in [0.25, 0.3) is 0 Å². The van der Waals surface area contributed by atoms with Gasteiger partial charge in [-0.25, -0.2) is 0 Å². The summed E-state index contributed by atoms with van der Waals surface area (Å²) in [6, 6.07) is -0.0268. The lowest BCUT2D eigenvalue weighted by atomic mass is 9.83. The fraction of sp³-hybridized carbons (Fsp3) is 0.923. The van der Waals surface area contributed by atoms with Gasteiger partial charge in [-0.3, -0.25) is 4.79 Å². The zero-order valence-corrected chi connectivity index (χ0v) is 11.2. The van der Waals surface area contributed by atoms with Gasteiger partial charge in [0.05, 0.1) is 0 Å². The van der Waals surface area contributed by atoms with Crippen molar-refractivity contribution in [3.05, 3.63) is 0 Å². The summed E-state index contributed by atoms with van der Waals surface area (Å²) in [6.07, 6.45) is 0.139. The first kappa shape index (κ1) is 14.6. The van der Waals surface area contributed by atoms with Crippen LogP contribution in [0, 0.1) is 5.41 Å². The van der Waals surface area contributed by atoms with Gasteiger partial charge < -0.3 is 10.2 Å². The van der Waals surface area contributed by atoms with Crippen molar-refractivity contribution < 1.29 is 18.0 Å². The normalized spacial score (nSPS) is 29.5. The molecule has 6 heteroatoms. The van der Waals surface area contributed by atoms with Crippen molar-refractivity contribution in [1.29, 1.82) is 0 Å². The summed E-state index contributed by atoms with van der Waals surface area (Å²) in [7, 11) is 1.53. The van der Waals surface area contributed by atoms with Crippen LogP contribution in [0.1, 0.15) is 38.5 Å². The van der Waals surface area contributed by atoms with Gasteiger partial charge in [-0.05, 0) is 25.8 Å². The van der Waals surface area contributed by atoms with E-state index >= 15 is 0 Å². The maximum atomic E-state index is 13.3. The second kappa shape index (κ2) is 5.31. The smallest absolute Gasteiger partial charge is 0.342 e. The van der Waals surface area contributed by atoms with E-state index in [-0.39, 0.29) is 25.6 Å². The first-order valence-electron chi connectivity index (χ1n) is 6.93. The molecular weight excluding hydrogens is 257 g/mol. The molecule has 1 saturated carbocycles. The number of carbonyl (C=O) groups is 1. The maximum Gasteiger partial charge on any atom is 0.404 e. The topological polar surface area (TPSA) is 32.3 Å². The molecule has 1 atom stereocenters. The third-order valence-corrected chi connectivity index (χ3v) is 4.55. The van der Waals surface area contributed by atoms with Crippen molar-refractivity contribution in [2.24, 2.45) is 5.41 Å². The highest BCUT2D eigenvalue weighted by molar-refractivity contribution is 5.84. The van der Waals surface area contributed by atoms with E-state index in [1.54, 1.807) is 0 Å². The molecule has 0 aromatic heterocycles. The van der Waals surface area contributed by atoms with Crippen molar-refractivity contribution in [3.8, 4) is 0 Å². The van der Waals surface area contributed by atoms with Crippen LogP contribution in [0.4, 0.5) is 13.2 Å². The van der Waals surface area contributed by atoms with Gasteiger partial charge in [-0.1, -0.05) is 19.3 Å². The predicted octanol–water partition coefficient (Wildman–Crippen LogP) is 2.32. The van der Waals surface area contributed by atoms with E-state index in [1.807, 2.05) is 0 Å². The van der Waals surface area contributed by atoms with Crippen molar-refractivity contribution in [3.63, 3.8) is 0 Å². The van der Waals surface area contributed by atoms with E-state index in [0.29, 0.717) is 0 Å². The van der Waals surface area contributed by atoms with Gasteiger partial charge in [0, 0.05) is 19.6 Å². The number of carbonyl (C=O) groups excluding carboxylic acids is 1. The molecule has 0 aromatic carbocycles. The second-order valence-electron chi connectivity index (χ2n) is 5.71. The van der Waals surface area contributed by atoms with Gasteiger partial charge in [0.15, 0.2) is 5.41 Å². The highest BCUT2D eigenvalue weighted by Crippen LogP contribution is 2.44. The molecule has 3 nitrogen and oxygen atoms in total. The Balaban J connectivity index is 2.15. The summed E-state index contributed by atoms with van der Waals surface area (Å²) in [5, 5.41) is 2.69. The minimum atomic E-state index is -4.48. The molecule has 0 radical (unpaired) electrons. The Kier molecular flexibility index (Phi) is 4.08. The lowest BCUT2D eigenvalue weighted by molar-refractivity contribution is -0.222. The van der Waals surface area contributed by atoms with Crippen molar-refractivity contribution in [2.45, 2.75) is 50.7 Å². The van der Waals surface area contributed by atoms with Gasteiger partial charge in [-0.15, -0.1) is 0 Å². The Labute approximate surface area is 111 Å². The number of halogens is 3. The summed E-state index contributed by atoms with van der Waals surface area (Å²) in [5.41, 5.74) is -2.21. The fourth-order valence-corrected chi connectivity index (χ4v) is 3.21. The molecule has 1 aliphatic carbocycles. The largest absolute Gasteiger partial charge is 0.404 e.